The molecule has 1 heterocycles. The van der Waals surface area contributed by atoms with Crippen LogP contribution < -0.4 is 15.2 Å². The lowest BCUT2D eigenvalue weighted by molar-refractivity contribution is 0.0789. The second kappa shape index (κ2) is 5.96. The van der Waals surface area contributed by atoms with Gasteiger partial charge in [0.05, 0.1) is 19.8 Å². The Hall–Kier alpha value is -1.02. The van der Waals surface area contributed by atoms with Crippen molar-refractivity contribution >= 4 is 28.5 Å². The molecule has 0 aliphatic carbocycles. The van der Waals surface area contributed by atoms with Gasteiger partial charge in [0.2, 0.25) is 0 Å². The number of likely N-dealkylation sites (tertiary alicyclic amines) is 1. The summed E-state index contributed by atoms with van der Waals surface area (Å²) < 4.78 is 11.3. The first-order valence-electron chi connectivity index (χ1n) is 6.03. The van der Waals surface area contributed by atoms with E-state index >= 15 is 0 Å². The molecule has 0 aromatic heterocycles. The first-order valence-corrected chi connectivity index (χ1v) is 7.11. The van der Waals surface area contributed by atoms with E-state index in [-0.39, 0.29) is 11.9 Å². The number of carbonyl (C=O) groups is 1. The fourth-order valence-electron chi connectivity index (χ4n) is 2.16. The molecule has 1 atom stereocenters. The Labute approximate surface area is 126 Å². The van der Waals surface area contributed by atoms with Crippen molar-refractivity contribution in [3.05, 3.63) is 21.3 Å². The fourth-order valence-corrected chi connectivity index (χ4v) is 2.83. The van der Waals surface area contributed by atoms with Gasteiger partial charge in [0.15, 0.2) is 11.5 Å². The molecule has 1 aromatic carbocycles. The molecule has 1 saturated heterocycles. The van der Waals surface area contributed by atoms with E-state index in [0.717, 1.165) is 9.99 Å². The van der Waals surface area contributed by atoms with Gasteiger partial charge in [-0.2, -0.15) is 0 Å². The van der Waals surface area contributed by atoms with Crippen LogP contribution in [0.2, 0.25) is 0 Å². The van der Waals surface area contributed by atoms with Crippen LogP contribution >= 0.6 is 22.6 Å². The van der Waals surface area contributed by atoms with Gasteiger partial charge in [-0.15, -0.1) is 0 Å². The molecule has 1 fully saturated rings. The lowest BCUT2D eigenvalue weighted by Gasteiger charge is -2.18. The van der Waals surface area contributed by atoms with Crippen LogP contribution in [0, 0.1) is 3.57 Å². The van der Waals surface area contributed by atoms with Crippen molar-refractivity contribution in [2.45, 2.75) is 12.5 Å². The lowest BCUT2D eigenvalue weighted by Crippen LogP contribution is -2.32. The van der Waals surface area contributed by atoms with Gasteiger partial charge >= 0.3 is 0 Å². The molecule has 0 spiro atoms. The van der Waals surface area contributed by atoms with Crippen LogP contribution in [-0.4, -0.2) is 44.2 Å². The van der Waals surface area contributed by atoms with Gasteiger partial charge in [0, 0.05) is 22.7 Å². The minimum Gasteiger partial charge on any atom is -0.493 e. The zero-order chi connectivity index (χ0) is 14.0. The standard InChI is InChI=1S/C13H17IN2O3/c1-18-11-5-9(10(14)6-12(11)19-2)13(17)16-4-3-8(15)7-16/h5-6,8H,3-4,7,15H2,1-2H3/t8-/m1/s1. The van der Waals surface area contributed by atoms with E-state index in [1.807, 2.05) is 6.07 Å². The maximum atomic E-state index is 12.5. The number of nitrogens with zero attached hydrogens (tertiary/aromatic N) is 1. The molecule has 1 aliphatic rings. The van der Waals surface area contributed by atoms with Crippen LogP contribution in [0.25, 0.3) is 0 Å². The average molecular weight is 376 g/mol. The third kappa shape index (κ3) is 2.94. The van der Waals surface area contributed by atoms with Crippen molar-refractivity contribution in [2.75, 3.05) is 27.3 Å². The first-order chi connectivity index (χ1) is 9.06. The van der Waals surface area contributed by atoms with E-state index in [4.69, 9.17) is 15.2 Å². The Bertz CT molecular complexity index is 493. The molecule has 1 aliphatic heterocycles. The molecule has 0 saturated carbocycles. The van der Waals surface area contributed by atoms with Crippen molar-refractivity contribution in [3.8, 4) is 11.5 Å². The predicted octanol–water partition coefficient (Wildman–Crippen LogP) is 1.48. The molecule has 1 amide bonds. The topological polar surface area (TPSA) is 64.8 Å². The Balaban J connectivity index is 2.31. The highest BCUT2D eigenvalue weighted by Gasteiger charge is 2.26. The Morgan fingerprint density at radius 3 is 2.53 bits per heavy atom. The van der Waals surface area contributed by atoms with Crippen LogP contribution in [-0.2, 0) is 0 Å². The summed E-state index contributed by atoms with van der Waals surface area (Å²) in [7, 11) is 3.14. The van der Waals surface area contributed by atoms with Crippen LogP contribution in [0.5, 0.6) is 11.5 Å². The predicted molar refractivity (Wildman–Crippen MR) is 80.8 cm³/mol. The summed E-state index contributed by atoms with van der Waals surface area (Å²) in [4.78, 5) is 14.2. The molecule has 0 bridgehead atoms. The van der Waals surface area contributed by atoms with E-state index in [1.165, 1.54) is 0 Å². The van der Waals surface area contributed by atoms with Gasteiger partial charge in [0.1, 0.15) is 0 Å². The minimum atomic E-state index is -0.00157. The van der Waals surface area contributed by atoms with Gasteiger partial charge in [-0.1, -0.05) is 0 Å². The zero-order valence-corrected chi connectivity index (χ0v) is 13.1. The summed E-state index contributed by atoms with van der Waals surface area (Å²) in [5, 5.41) is 0. The number of carbonyl (C=O) groups excluding carboxylic acids is 1. The summed E-state index contributed by atoms with van der Waals surface area (Å²) in [5.74, 6) is 1.19. The van der Waals surface area contributed by atoms with Crippen molar-refractivity contribution < 1.29 is 14.3 Å². The van der Waals surface area contributed by atoms with E-state index in [1.54, 1.807) is 25.2 Å². The van der Waals surface area contributed by atoms with E-state index < -0.39 is 0 Å². The summed E-state index contributed by atoms with van der Waals surface area (Å²) >= 11 is 2.13. The Morgan fingerprint density at radius 2 is 2.00 bits per heavy atom. The number of amides is 1. The van der Waals surface area contributed by atoms with Gasteiger partial charge in [-0.25, -0.2) is 0 Å². The van der Waals surface area contributed by atoms with Crippen LogP contribution in [0.15, 0.2) is 12.1 Å². The highest BCUT2D eigenvalue weighted by molar-refractivity contribution is 14.1. The number of ether oxygens (including phenoxy) is 2. The average Bonchev–Trinajstić information content (AvgIpc) is 2.84. The fraction of sp³-hybridized carbons (Fsp3) is 0.462. The van der Waals surface area contributed by atoms with Crippen LogP contribution in [0.4, 0.5) is 0 Å². The summed E-state index contributed by atoms with van der Waals surface area (Å²) in [5.41, 5.74) is 6.47. The molecule has 6 heteroatoms. The van der Waals surface area contributed by atoms with E-state index in [9.17, 15) is 4.79 Å². The largest absolute Gasteiger partial charge is 0.493 e. The maximum Gasteiger partial charge on any atom is 0.255 e. The third-order valence-electron chi connectivity index (χ3n) is 3.22. The molecular formula is C13H17IN2O3. The van der Waals surface area contributed by atoms with Crippen molar-refractivity contribution in [3.63, 3.8) is 0 Å². The molecule has 19 heavy (non-hydrogen) atoms. The second-order valence-electron chi connectivity index (χ2n) is 4.49. The van der Waals surface area contributed by atoms with Gasteiger partial charge < -0.3 is 20.1 Å². The van der Waals surface area contributed by atoms with Gasteiger partial charge in [-0.05, 0) is 41.1 Å². The van der Waals surface area contributed by atoms with Gasteiger partial charge in [0.25, 0.3) is 5.91 Å². The molecule has 0 unspecified atom stereocenters. The molecule has 5 nitrogen and oxygen atoms in total. The summed E-state index contributed by atoms with van der Waals surface area (Å²) in [6.45, 7) is 1.33. The van der Waals surface area contributed by atoms with Crippen LogP contribution in [0.1, 0.15) is 16.8 Å². The highest BCUT2D eigenvalue weighted by atomic mass is 127. The van der Waals surface area contributed by atoms with E-state index in [2.05, 4.69) is 22.6 Å². The zero-order valence-electron chi connectivity index (χ0n) is 11.0. The van der Waals surface area contributed by atoms with Gasteiger partial charge in [-0.3, -0.25) is 4.79 Å². The smallest absolute Gasteiger partial charge is 0.255 e. The van der Waals surface area contributed by atoms with Crippen molar-refractivity contribution in [2.24, 2.45) is 5.73 Å². The van der Waals surface area contributed by atoms with Crippen molar-refractivity contribution in [1.82, 2.24) is 4.90 Å². The number of halogens is 1. The third-order valence-corrected chi connectivity index (χ3v) is 4.11. The molecule has 104 valence electrons. The number of hydrogen-bond acceptors (Lipinski definition) is 4. The lowest BCUT2D eigenvalue weighted by atomic mass is 10.1. The normalized spacial score (nSPS) is 18.5. The quantitative estimate of drug-likeness (QED) is 0.812. The number of nitrogens with two attached hydrogens (primary N) is 1. The molecular weight excluding hydrogens is 359 g/mol. The number of methoxy groups -OCH3 is 2. The second-order valence-corrected chi connectivity index (χ2v) is 5.65. The molecule has 0 radical (unpaired) electrons. The summed E-state index contributed by atoms with van der Waals surface area (Å²) in [6.07, 6.45) is 0.857. The molecule has 1 aromatic rings. The molecule has 2 rings (SSSR count). The van der Waals surface area contributed by atoms with E-state index in [0.29, 0.717) is 30.2 Å². The maximum absolute atomic E-state index is 12.5. The molecule has 2 N–H and O–H groups in total. The number of benzene rings is 1. The first kappa shape index (κ1) is 14.4. The highest BCUT2D eigenvalue weighted by Crippen LogP contribution is 2.32. The Kier molecular flexibility index (Phi) is 4.51. The minimum absolute atomic E-state index is 0.00157. The summed E-state index contributed by atoms with van der Waals surface area (Å²) in [6, 6.07) is 3.62. The number of hydrogen-bond donors (Lipinski definition) is 1. The van der Waals surface area contributed by atoms with Crippen molar-refractivity contribution in [1.29, 1.82) is 0 Å². The number of rotatable bonds is 3. The monoisotopic (exact) mass is 376 g/mol. The van der Waals surface area contributed by atoms with Crippen LogP contribution in [0.3, 0.4) is 0 Å². The Morgan fingerprint density at radius 1 is 1.37 bits per heavy atom. The SMILES string of the molecule is COc1cc(I)c(C(=O)N2CC[C@@H](N)C2)cc1OC.